The monoisotopic (exact) mass is 326 g/mol. The quantitative estimate of drug-likeness (QED) is 0.771. The number of furan rings is 1. The zero-order valence-electron chi connectivity index (χ0n) is 13.7. The molecule has 3 rings (SSSR count). The molecule has 0 spiro atoms. The third-order valence-corrected chi connectivity index (χ3v) is 3.75. The van der Waals surface area contributed by atoms with E-state index in [4.69, 9.17) is 24.4 Å². The van der Waals surface area contributed by atoms with Gasteiger partial charge in [0.25, 0.3) is 0 Å². The lowest BCUT2D eigenvalue weighted by Crippen LogP contribution is -1.98. The van der Waals surface area contributed by atoms with Crippen molar-refractivity contribution in [3.63, 3.8) is 0 Å². The van der Waals surface area contributed by atoms with E-state index in [0.717, 1.165) is 22.3 Å². The molecule has 2 aromatic heterocycles. The predicted molar refractivity (Wildman–Crippen MR) is 91.4 cm³/mol. The molecule has 0 aliphatic heterocycles. The Morgan fingerprint density at radius 1 is 0.917 bits per heavy atom. The molecule has 2 heterocycles. The van der Waals surface area contributed by atoms with Crippen LogP contribution >= 0.6 is 0 Å². The van der Waals surface area contributed by atoms with Crippen LogP contribution in [0.1, 0.15) is 0 Å². The third-order valence-electron chi connectivity index (χ3n) is 3.75. The van der Waals surface area contributed by atoms with Crippen LogP contribution < -0.4 is 19.9 Å². The van der Waals surface area contributed by atoms with Gasteiger partial charge < -0.3 is 24.4 Å². The normalized spacial score (nSPS) is 10.5. The first-order valence-corrected chi connectivity index (χ1v) is 7.26. The number of aromatic nitrogens is 1. The third kappa shape index (κ3) is 2.74. The van der Waals surface area contributed by atoms with E-state index in [1.54, 1.807) is 40.1 Å². The van der Waals surface area contributed by atoms with Crippen molar-refractivity contribution < 1.29 is 18.6 Å². The molecule has 0 radical (unpaired) electrons. The van der Waals surface area contributed by atoms with Crippen LogP contribution in [-0.4, -0.2) is 26.3 Å². The van der Waals surface area contributed by atoms with Crippen molar-refractivity contribution >= 4 is 5.82 Å². The van der Waals surface area contributed by atoms with Gasteiger partial charge in [0, 0.05) is 22.9 Å². The summed E-state index contributed by atoms with van der Waals surface area (Å²) in [7, 11) is 4.71. The number of ether oxygens (including phenoxy) is 3. The second kappa shape index (κ2) is 6.54. The molecule has 0 unspecified atom stereocenters. The van der Waals surface area contributed by atoms with Crippen LogP contribution in [0.3, 0.4) is 0 Å². The standard InChI is InChI=1S/C18H18N2O4/c1-21-15-7-12(8-16(22-2)17(15)23-3)14-6-13(9-20-18(14)19)11-4-5-24-10-11/h4-10H,1-3H3,(H2,19,20). The molecule has 0 atom stereocenters. The summed E-state index contributed by atoms with van der Waals surface area (Å²) < 4.78 is 21.3. The number of hydrogen-bond donors (Lipinski definition) is 1. The van der Waals surface area contributed by atoms with Gasteiger partial charge in [-0.1, -0.05) is 0 Å². The minimum absolute atomic E-state index is 0.413. The maximum absolute atomic E-state index is 6.08. The first kappa shape index (κ1) is 15.7. The summed E-state index contributed by atoms with van der Waals surface area (Å²) in [5.41, 5.74) is 9.50. The molecule has 0 bridgehead atoms. The molecule has 0 fully saturated rings. The van der Waals surface area contributed by atoms with Crippen LogP contribution in [0.15, 0.2) is 47.4 Å². The molecule has 0 saturated carbocycles. The summed E-state index contributed by atoms with van der Waals surface area (Å²) in [5, 5.41) is 0. The van der Waals surface area contributed by atoms with E-state index in [1.807, 2.05) is 24.3 Å². The molecular weight excluding hydrogens is 308 g/mol. The zero-order valence-corrected chi connectivity index (χ0v) is 13.7. The molecule has 3 aromatic rings. The Morgan fingerprint density at radius 3 is 2.17 bits per heavy atom. The van der Waals surface area contributed by atoms with Gasteiger partial charge >= 0.3 is 0 Å². The molecule has 2 N–H and O–H groups in total. The van der Waals surface area contributed by atoms with E-state index in [1.165, 1.54) is 0 Å². The van der Waals surface area contributed by atoms with Crippen molar-refractivity contribution in [3.05, 3.63) is 43.0 Å². The molecule has 0 saturated heterocycles. The maximum Gasteiger partial charge on any atom is 0.203 e. The van der Waals surface area contributed by atoms with Crippen LogP contribution in [0.25, 0.3) is 22.3 Å². The van der Waals surface area contributed by atoms with Crippen molar-refractivity contribution in [2.24, 2.45) is 0 Å². The Bertz CT molecular complexity index is 819. The highest BCUT2D eigenvalue weighted by molar-refractivity contribution is 5.81. The van der Waals surface area contributed by atoms with Gasteiger partial charge in [-0.3, -0.25) is 0 Å². The number of nitrogen functional groups attached to an aromatic ring is 1. The van der Waals surface area contributed by atoms with Crippen molar-refractivity contribution in [2.75, 3.05) is 27.1 Å². The lowest BCUT2D eigenvalue weighted by atomic mass is 10.0. The number of anilines is 1. The fraction of sp³-hybridized carbons (Fsp3) is 0.167. The summed E-state index contributed by atoms with van der Waals surface area (Å²) in [4.78, 5) is 4.29. The maximum atomic E-state index is 6.08. The molecule has 1 aromatic carbocycles. The second-order valence-corrected chi connectivity index (χ2v) is 5.08. The SMILES string of the molecule is COc1cc(-c2cc(-c3ccoc3)cnc2N)cc(OC)c1OC. The predicted octanol–water partition coefficient (Wildman–Crippen LogP) is 3.62. The topological polar surface area (TPSA) is 79.7 Å². The summed E-state index contributed by atoms with van der Waals surface area (Å²) in [6, 6.07) is 7.50. The minimum atomic E-state index is 0.413. The fourth-order valence-electron chi connectivity index (χ4n) is 2.53. The smallest absolute Gasteiger partial charge is 0.203 e. The van der Waals surface area contributed by atoms with Gasteiger partial charge in [0.15, 0.2) is 11.5 Å². The Morgan fingerprint density at radius 2 is 1.62 bits per heavy atom. The average Bonchev–Trinajstić information content (AvgIpc) is 3.15. The Hall–Kier alpha value is -3.15. The van der Waals surface area contributed by atoms with E-state index >= 15 is 0 Å². The Kier molecular flexibility index (Phi) is 4.29. The molecule has 0 aliphatic rings. The van der Waals surface area contributed by atoms with Gasteiger partial charge in [0.1, 0.15) is 5.82 Å². The summed E-state index contributed by atoms with van der Waals surface area (Å²) in [5.74, 6) is 2.05. The van der Waals surface area contributed by atoms with Crippen LogP contribution in [0.4, 0.5) is 5.82 Å². The summed E-state index contributed by atoms with van der Waals surface area (Å²) >= 11 is 0. The molecule has 6 heteroatoms. The van der Waals surface area contributed by atoms with E-state index < -0.39 is 0 Å². The van der Waals surface area contributed by atoms with E-state index in [9.17, 15) is 0 Å². The highest BCUT2D eigenvalue weighted by Crippen LogP contribution is 2.42. The number of pyridine rings is 1. The molecule has 0 amide bonds. The van der Waals surface area contributed by atoms with Gasteiger partial charge in [-0.2, -0.15) is 0 Å². The van der Waals surface area contributed by atoms with Gasteiger partial charge in [-0.25, -0.2) is 4.98 Å². The van der Waals surface area contributed by atoms with E-state index in [0.29, 0.717) is 23.1 Å². The van der Waals surface area contributed by atoms with Crippen molar-refractivity contribution in [1.29, 1.82) is 0 Å². The molecular formula is C18H18N2O4. The zero-order chi connectivity index (χ0) is 17.1. The Labute approximate surface area is 139 Å². The van der Waals surface area contributed by atoms with Crippen LogP contribution in [0, 0.1) is 0 Å². The summed E-state index contributed by atoms with van der Waals surface area (Å²) in [6.07, 6.45) is 4.98. The molecule has 24 heavy (non-hydrogen) atoms. The summed E-state index contributed by atoms with van der Waals surface area (Å²) in [6.45, 7) is 0. The van der Waals surface area contributed by atoms with Crippen LogP contribution in [-0.2, 0) is 0 Å². The van der Waals surface area contributed by atoms with Gasteiger partial charge in [0.05, 0.1) is 33.9 Å². The number of hydrogen-bond acceptors (Lipinski definition) is 6. The number of nitrogens with zero attached hydrogens (tertiary/aromatic N) is 1. The minimum Gasteiger partial charge on any atom is -0.493 e. The van der Waals surface area contributed by atoms with Crippen molar-refractivity contribution in [3.8, 4) is 39.5 Å². The largest absolute Gasteiger partial charge is 0.493 e. The second-order valence-electron chi connectivity index (χ2n) is 5.08. The lowest BCUT2D eigenvalue weighted by molar-refractivity contribution is 0.324. The van der Waals surface area contributed by atoms with Gasteiger partial charge in [-0.05, 0) is 29.8 Å². The molecule has 124 valence electrons. The van der Waals surface area contributed by atoms with Gasteiger partial charge in [0.2, 0.25) is 5.75 Å². The lowest BCUT2D eigenvalue weighted by Gasteiger charge is -2.15. The highest BCUT2D eigenvalue weighted by Gasteiger charge is 2.16. The number of benzene rings is 1. The number of rotatable bonds is 5. The fourth-order valence-corrected chi connectivity index (χ4v) is 2.53. The first-order valence-electron chi connectivity index (χ1n) is 7.26. The number of nitrogens with two attached hydrogens (primary N) is 1. The Balaban J connectivity index is 2.16. The first-order chi connectivity index (χ1) is 11.7. The average molecular weight is 326 g/mol. The van der Waals surface area contributed by atoms with E-state index in [-0.39, 0.29) is 0 Å². The van der Waals surface area contributed by atoms with Crippen LogP contribution in [0.5, 0.6) is 17.2 Å². The van der Waals surface area contributed by atoms with Crippen LogP contribution in [0.2, 0.25) is 0 Å². The molecule has 6 nitrogen and oxygen atoms in total. The van der Waals surface area contributed by atoms with Crippen molar-refractivity contribution in [1.82, 2.24) is 4.98 Å². The highest BCUT2D eigenvalue weighted by atomic mass is 16.5. The van der Waals surface area contributed by atoms with Gasteiger partial charge in [-0.15, -0.1) is 0 Å². The number of methoxy groups -OCH3 is 3. The van der Waals surface area contributed by atoms with Crippen molar-refractivity contribution in [2.45, 2.75) is 0 Å². The molecule has 0 aliphatic carbocycles. The van der Waals surface area contributed by atoms with E-state index in [2.05, 4.69) is 4.98 Å².